The van der Waals surface area contributed by atoms with E-state index in [0.717, 1.165) is 25.9 Å². The molecule has 0 atom stereocenters. The highest BCUT2D eigenvalue weighted by molar-refractivity contribution is 6.30. The number of amides is 4. The number of urea groups is 1. The van der Waals surface area contributed by atoms with Gasteiger partial charge in [-0.1, -0.05) is 23.7 Å². The Balaban J connectivity index is 1.34. The zero-order chi connectivity index (χ0) is 22.5. The molecule has 0 spiro atoms. The molecule has 2 aromatic carbocycles. The minimum Gasteiger partial charge on any atom is -0.325 e. The average Bonchev–Trinajstić information content (AvgIpc) is 3.35. The normalized spacial score (nSPS) is 16.7. The minimum atomic E-state index is -0.280. The molecule has 2 fully saturated rings. The second-order valence-electron chi connectivity index (χ2n) is 8.23. The fourth-order valence-electron chi connectivity index (χ4n) is 4.17. The van der Waals surface area contributed by atoms with Gasteiger partial charge in [0.05, 0.1) is 11.4 Å². The molecule has 32 heavy (non-hydrogen) atoms. The van der Waals surface area contributed by atoms with Gasteiger partial charge in [-0.2, -0.15) is 0 Å². The molecule has 0 radical (unpaired) electrons. The van der Waals surface area contributed by atoms with Crippen LogP contribution in [0.15, 0.2) is 48.5 Å². The summed E-state index contributed by atoms with van der Waals surface area (Å²) in [7, 11) is 0. The standard InChI is InChI=1S/C24H27ClN4O3/c25-19-9-7-17(8-10-19)22(30)26-20-5-1-2-6-21(20)27-23(31)18-11-15-29(16-12-18)24(32)28-13-3-4-14-28/h1-2,5-10,18H,3-4,11-16H2,(H,26,30)(H,27,31). The number of anilines is 2. The Bertz CT molecular complexity index is 981. The van der Waals surface area contributed by atoms with Crippen molar-refractivity contribution in [1.29, 1.82) is 0 Å². The third-order valence-corrected chi connectivity index (χ3v) is 6.30. The Morgan fingerprint density at radius 3 is 1.97 bits per heavy atom. The van der Waals surface area contributed by atoms with Crippen molar-refractivity contribution in [2.24, 2.45) is 5.92 Å². The fraction of sp³-hybridized carbons (Fsp3) is 0.375. The molecule has 168 valence electrons. The highest BCUT2D eigenvalue weighted by Gasteiger charge is 2.30. The number of hydrogen-bond donors (Lipinski definition) is 2. The van der Waals surface area contributed by atoms with Crippen LogP contribution in [0.4, 0.5) is 16.2 Å². The molecule has 0 bridgehead atoms. The van der Waals surface area contributed by atoms with Gasteiger partial charge >= 0.3 is 6.03 Å². The first kappa shape index (κ1) is 22.1. The van der Waals surface area contributed by atoms with Crippen molar-refractivity contribution in [3.05, 3.63) is 59.1 Å². The van der Waals surface area contributed by atoms with E-state index in [9.17, 15) is 14.4 Å². The molecule has 2 aliphatic rings. The number of nitrogens with zero attached hydrogens (tertiary/aromatic N) is 2. The summed E-state index contributed by atoms with van der Waals surface area (Å²) < 4.78 is 0. The smallest absolute Gasteiger partial charge is 0.319 e. The Morgan fingerprint density at radius 1 is 0.781 bits per heavy atom. The van der Waals surface area contributed by atoms with Crippen molar-refractivity contribution in [1.82, 2.24) is 9.80 Å². The predicted octanol–water partition coefficient (Wildman–Crippen LogP) is 4.46. The Kier molecular flexibility index (Phi) is 6.95. The maximum absolute atomic E-state index is 12.9. The number of likely N-dealkylation sites (tertiary alicyclic amines) is 2. The van der Waals surface area contributed by atoms with Crippen molar-refractivity contribution in [3.63, 3.8) is 0 Å². The Morgan fingerprint density at radius 2 is 1.34 bits per heavy atom. The van der Waals surface area contributed by atoms with Gasteiger partial charge in [-0.25, -0.2) is 4.79 Å². The summed E-state index contributed by atoms with van der Waals surface area (Å²) in [5.41, 5.74) is 1.56. The van der Waals surface area contributed by atoms with Crippen LogP contribution >= 0.6 is 11.6 Å². The highest BCUT2D eigenvalue weighted by atomic mass is 35.5. The van der Waals surface area contributed by atoms with E-state index in [0.29, 0.717) is 47.9 Å². The van der Waals surface area contributed by atoms with Crippen LogP contribution in [0.25, 0.3) is 0 Å². The van der Waals surface area contributed by atoms with E-state index in [1.54, 1.807) is 42.5 Å². The van der Waals surface area contributed by atoms with Crippen molar-refractivity contribution in [2.45, 2.75) is 25.7 Å². The molecular weight excluding hydrogens is 428 g/mol. The summed E-state index contributed by atoms with van der Waals surface area (Å²) in [6.45, 7) is 2.83. The van der Waals surface area contributed by atoms with E-state index >= 15 is 0 Å². The van der Waals surface area contributed by atoms with Crippen LogP contribution < -0.4 is 10.6 Å². The number of halogens is 1. The monoisotopic (exact) mass is 454 g/mol. The van der Waals surface area contributed by atoms with Crippen LogP contribution in [0, 0.1) is 5.92 Å². The number of benzene rings is 2. The second-order valence-corrected chi connectivity index (χ2v) is 8.67. The largest absolute Gasteiger partial charge is 0.325 e. The average molecular weight is 455 g/mol. The second kappa shape index (κ2) is 10.0. The van der Waals surface area contributed by atoms with Gasteiger partial charge in [-0.3, -0.25) is 9.59 Å². The molecule has 4 rings (SSSR count). The molecule has 0 aromatic heterocycles. The molecule has 8 heteroatoms. The lowest BCUT2D eigenvalue weighted by molar-refractivity contribution is -0.121. The first-order valence-electron chi connectivity index (χ1n) is 11.0. The molecule has 2 aromatic rings. The number of piperidine rings is 1. The molecule has 4 amide bonds. The number of hydrogen-bond acceptors (Lipinski definition) is 3. The quantitative estimate of drug-likeness (QED) is 0.715. The maximum atomic E-state index is 12.9. The number of para-hydroxylation sites is 2. The van der Waals surface area contributed by atoms with E-state index in [-0.39, 0.29) is 23.8 Å². The van der Waals surface area contributed by atoms with E-state index in [4.69, 9.17) is 11.6 Å². The third-order valence-electron chi connectivity index (χ3n) is 6.05. The van der Waals surface area contributed by atoms with Crippen LogP contribution in [0.1, 0.15) is 36.0 Å². The summed E-state index contributed by atoms with van der Waals surface area (Å²) in [5, 5.41) is 6.37. The molecule has 7 nitrogen and oxygen atoms in total. The zero-order valence-corrected chi connectivity index (χ0v) is 18.6. The van der Waals surface area contributed by atoms with Crippen LogP contribution in [0.5, 0.6) is 0 Å². The molecule has 2 aliphatic heterocycles. The van der Waals surface area contributed by atoms with Crippen LogP contribution in [-0.2, 0) is 4.79 Å². The number of carbonyl (C=O) groups is 3. The summed E-state index contributed by atoms with van der Waals surface area (Å²) >= 11 is 5.89. The van der Waals surface area contributed by atoms with Gasteiger partial charge < -0.3 is 20.4 Å². The van der Waals surface area contributed by atoms with Gasteiger partial charge in [0, 0.05) is 42.7 Å². The van der Waals surface area contributed by atoms with Gasteiger partial charge in [0.25, 0.3) is 5.91 Å². The minimum absolute atomic E-state index is 0.0912. The topological polar surface area (TPSA) is 81.8 Å². The summed E-state index contributed by atoms with van der Waals surface area (Å²) in [5.74, 6) is -0.541. The van der Waals surface area contributed by atoms with Gasteiger partial charge in [-0.15, -0.1) is 0 Å². The van der Waals surface area contributed by atoms with Crippen LogP contribution in [0.2, 0.25) is 5.02 Å². The van der Waals surface area contributed by atoms with Crippen molar-refractivity contribution >= 4 is 40.8 Å². The van der Waals surface area contributed by atoms with E-state index in [2.05, 4.69) is 10.6 Å². The fourth-order valence-corrected chi connectivity index (χ4v) is 4.30. The lowest BCUT2D eigenvalue weighted by Gasteiger charge is -2.34. The van der Waals surface area contributed by atoms with Crippen LogP contribution in [-0.4, -0.2) is 53.8 Å². The van der Waals surface area contributed by atoms with Gasteiger partial charge in [0.2, 0.25) is 5.91 Å². The van der Waals surface area contributed by atoms with E-state index in [1.165, 1.54) is 0 Å². The Labute approximate surface area is 192 Å². The van der Waals surface area contributed by atoms with Crippen molar-refractivity contribution in [2.75, 3.05) is 36.8 Å². The number of carbonyl (C=O) groups excluding carboxylic acids is 3. The molecule has 2 heterocycles. The first-order valence-corrected chi connectivity index (χ1v) is 11.4. The van der Waals surface area contributed by atoms with Crippen molar-refractivity contribution < 1.29 is 14.4 Å². The van der Waals surface area contributed by atoms with E-state index in [1.807, 2.05) is 15.9 Å². The summed E-state index contributed by atoms with van der Waals surface area (Å²) in [4.78, 5) is 41.8. The van der Waals surface area contributed by atoms with Gasteiger partial charge in [0.15, 0.2) is 0 Å². The molecule has 0 unspecified atom stereocenters. The SMILES string of the molecule is O=C(Nc1ccccc1NC(=O)C1CCN(C(=O)N2CCCC2)CC1)c1ccc(Cl)cc1. The highest BCUT2D eigenvalue weighted by Crippen LogP contribution is 2.26. The third kappa shape index (κ3) is 5.22. The summed E-state index contributed by atoms with van der Waals surface area (Å²) in [6, 6.07) is 13.8. The molecule has 0 saturated carbocycles. The number of rotatable bonds is 4. The lowest BCUT2D eigenvalue weighted by Crippen LogP contribution is -2.47. The Hall–Kier alpha value is -3.06. The molecule has 0 aliphatic carbocycles. The maximum Gasteiger partial charge on any atom is 0.319 e. The zero-order valence-electron chi connectivity index (χ0n) is 17.9. The van der Waals surface area contributed by atoms with Crippen LogP contribution in [0.3, 0.4) is 0 Å². The molecular formula is C24H27ClN4O3. The lowest BCUT2D eigenvalue weighted by atomic mass is 9.96. The molecule has 2 N–H and O–H groups in total. The van der Waals surface area contributed by atoms with Gasteiger partial charge in [0.1, 0.15) is 0 Å². The molecule has 2 saturated heterocycles. The number of nitrogens with one attached hydrogen (secondary N) is 2. The summed E-state index contributed by atoms with van der Waals surface area (Å²) in [6.07, 6.45) is 3.40. The van der Waals surface area contributed by atoms with E-state index < -0.39 is 0 Å². The predicted molar refractivity (Wildman–Crippen MR) is 125 cm³/mol. The first-order chi connectivity index (χ1) is 15.5. The van der Waals surface area contributed by atoms with Gasteiger partial charge in [-0.05, 0) is 62.1 Å². The van der Waals surface area contributed by atoms with Crippen molar-refractivity contribution in [3.8, 4) is 0 Å².